The topological polar surface area (TPSA) is 110 Å². The normalized spacial score (nSPS) is 14.2. The molecule has 1 amide bonds. The molecule has 0 saturated carbocycles. The second-order valence-corrected chi connectivity index (χ2v) is 9.31. The zero-order valence-electron chi connectivity index (χ0n) is 22.1. The summed E-state index contributed by atoms with van der Waals surface area (Å²) < 4.78 is 19.6. The van der Waals surface area contributed by atoms with Gasteiger partial charge in [0.05, 0.1) is 19.2 Å². The molecule has 39 heavy (non-hydrogen) atoms. The summed E-state index contributed by atoms with van der Waals surface area (Å²) in [5, 5.41) is 12.9. The lowest BCUT2D eigenvalue weighted by Crippen LogP contribution is -2.39. The number of carbonyl (C=O) groups excluding carboxylic acids is 1. The van der Waals surface area contributed by atoms with Gasteiger partial charge in [0, 0.05) is 62.2 Å². The number of hydrogen-bond donors (Lipinski definition) is 3. The molecule has 5 rings (SSSR count). The Bertz CT molecular complexity index is 1410. The number of pyridine rings is 1. The van der Waals surface area contributed by atoms with Crippen molar-refractivity contribution in [1.82, 2.24) is 14.6 Å². The van der Waals surface area contributed by atoms with Gasteiger partial charge < -0.3 is 35.0 Å². The molecule has 0 spiro atoms. The molecule has 1 fully saturated rings. The predicted octanol–water partition coefficient (Wildman–Crippen LogP) is 4.10. The van der Waals surface area contributed by atoms with Crippen molar-refractivity contribution in [2.45, 2.75) is 18.9 Å². The van der Waals surface area contributed by atoms with Crippen molar-refractivity contribution < 1.29 is 24.1 Å². The van der Waals surface area contributed by atoms with Crippen molar-refractivity contribution in [2.75, 3.05) is 51.1 Å². The number of nitrogens with zero attached hydrogens (tertiary/aromatic N) is 3. The maximum absolute atomic E-state index is 12.9. The third-order valence-electron chi connectivity index (χ3n) is 6.79. The molecule has 1 saturated heterocycles. The Labute approximate surface area is 227 Å². The summed E-state index contributed by atoms with van der Waals surface area (Å²) in [4.78, 5) is 19.4. The number of likely N-dealkylation sites (tertiary alicyclic amines) is 1. The first-order valence-electron chi connectivity index (χ1n) is 13.0. The number of anilines is 1. The van der Waals surface area contributed by atoms with Crippen LogP contribution in [-0.4, -0.2) is 72.1 Å². The van der Waals surface area contributed by atoms with Crippen molar-refractivity contribution in [3.8, 4) is 23.0 Å². The molecule has 10 heteroatoms. The average Bonchev–Trinajstić information content (AvgIpc) is 3.36. The Morgan fingerprint density at radius 1 is 1.05 bits per heavy atom. The first-order valence-corrected chi connectivity index (χ1v) is 13.0. The molecule has 2 aromatic heterocycles. The first-order chi connectivity index (χ1) is 19.1. The van der Waals surface area contributed by atoms with E-state index in [0.717, 1.165) is 42.6 Å². The monoisotopic (exact) mass is 531 g/mol. The van der Waals surface area contributed by atoms with Gasteiger partial charge in [0.1, 0.15) is 23.4 Å². The lowest BCUT2D eigenvalue weighted by atomic mass is 10.1. The summed E-state index contributed by atoms with van der Waals surface area (Å²) in [6.07, 6.45) is 5.46. The van der Waals surface area contributed by atoms with Crippen LogP contribution in [0.4, 0.5) is 5.82 Å². The number of nitrogens with one attached hydrogen (secondary N) is 2. The quantitative estimate of drug-likeness (QED) is 0.281. The molecule has 1 aliphatic rings. The van der Waals surface area contributed by atoms with Crippen LogP contribution in [0.25, 0.3) is 10.9 Å². The number of β-amino-alcohol motifs (C(OH)–C–C–N with tert-alkyl or cyclic N) is 1. The summed E-state index contributed by atoms with van der Waals surface area (Å²) in [5.41, 5.74) is 4.55. The van der Waals surface area contributed by atoms with Gasteiger partial charge in [0.2, 0.25) is 0 Å². The molecule has 0 atom stereocenters. The minimum atomic E-state index is -0.282. The maximum atomic E-state index is 12.9. The number of amides is 1. The summed E-state index contributed by atoms with van der Waals surface area (Å²) in [6, 6.07) is 16.3. The lowest BCUT2D eigenvalue weighted by Gasteiger charge is -2.31. The summed E-state index contributed by atoms with van der Waals surface area (Å²) in [6.45, 7) is 2.70. The van der Waals surface area contributed by atoms with Crippen LogP contribution >= 0.6 is 0 Å². The van der Waals surface area contributed by atoms with Gasteiger partial charge in [-0.05, 0) is 55.3 Å². The van der Waals surface area contributed by atoms with Gasteiger partial charge in [-0.3, -0.25) is 9.47 Å². The van der Waals surface area contributed by atoms with Crippen molar-refractivity contribution in [1.29, 1.82) is 0 Å². The van der Waals surface area contributed by atoms with Crippen LogP contribution in [0.5, 0.6) is 23.0 Å². The molecular formula is C29H33N5O5. The highest BCUT2D eigenvalue weighted by molar-refractivity contribution is 6.03. The minimum absolute atomic E-state index is 0.133. The van der Waals surface area contributed by atoms with Crippen LogP contribution in [0, 0.1) is 0 Å². The Morgan fingerprint density at radius 3 is 2.56 bits per heavy atom. The Hall–Kier alpha value is -4.28. The highest BCUT2D eigenvalue weighted by Gasteiger charge is 2.20. The van der Waals surface area contributed by atoms with E-state index in [-0.39, 0.29) is 18.6 Å². The van der Waals surface area contributed by atoms with Gasteiger partial charge in [-0.25, -0.2) is 4.98 Å². The van der Waals surface area contributed by atoms with Crippen molar-refractivity contribution in [3.05, 3.63) is 72.6 Å². The largest absolute Gasteiger partial charge is 0.493 e. The van der Waals surface area contributed by atoms with Gasteiger partial charge in [0.25, 0.3) is 5.91 Å². The second kappa shape index (κ2) is 12.1. The van der Waals surface area contributed by atoms with Crippen LogP contribution in [0.1, 0.15) is 23.2 Å². The number of aliphatic hydroxyl groups is 1. The van der Waals surface area contributed by atoms with E-state index in [1.807, 2.05) is 48.3 Å². The molecule has 3 heterocycles. The number of benzene rings is 2. The number of hydrogen-bond acceptors (Lipinski definition) is 8. The number of fused-ring (bicyclic) bond motifs is 1. The Balaban J connectivity index is 1.21. The van der Waals surface area contributed by atoms with Gasteiger partial charge in [-0.1, -0.05) is 0 Å². The van der Waals surface area contributed by atoms with Gasteiger partial charge >= 0.3 is 0 Å². The molecule has 0 unspecified atom stereocenters. The SMILES string of the molecule is CNn1ccc2cc(Oc3ccnc(NC(=O)c4ccc(OC5CCN(CCO)CC5)cc4)c3)c(OC)cc21. The maximum Gasteiger partial charge on any atom is 0.256 e. The molecule has 0 aliphatic carbocycles. The number of aliphatic hydroxyl groups excluding tert-OH is 1. The van der Waals surface area contributed by atoms with E-state index >= 15 is 0 Å². The molecule has 0 bridgehead atoms. The third-order valence-corrected chi connectivity index (χ3v) is 6.79. The molecule has 1 aliphatic heterocycles. The fourth-order valence-electron chi connectivity index (χ4n) is 4.70. The summed E-state index contributed by atoms with van der Waals surface area (Å²) in [5.74, 6) is 2.47. The number of rotatable bonds is 10. The third kappa shape index (κ3) is 6.24. The Kier molecular flexibility index (Phi) is 8.14. The first kappa shape index (κ1) is 26.3. The Morgan fingerprint density at radius 2 is 1.85 bits per heavy atom. The van der Waals surface area contributed by atoms with Gasteiger partial charge in [-0.2, -0.15) is 0 Å². The second-order valence-electron chi connectivity index (χ2n) is 9.31. The van der Waals surface area contributed by atoms with Gasteiger partial charge in [0.15, 0.2) is 11.5 Å². The van der Waals surface area contributed by atoms with Crippen LogP contribution in [0.15, 0.2) is 67.0 Å². The van der Waals surface area contributed by atoms with E-state index in [1.165, 1.54) is 0 Å². The van der Waals surface area contributed by atoms with Crippen molar-refractivity contribution in [3.63, 3.8) is 0 Å². The predicted molar refractivity (Wildman–Crippen MR) is 150 cm³/mol. The fourth-order valence-corrected chi connectivity index (χ4v) is 4.70. The van der Waals surface area contributed by atoms with Crippen LogP contribution < -0.4 is 25.0 Å². The number of aromatic nitrogens is 2. The summed E-state index contributed by atoms with van der Waals surface area (Å²) in [7, 11) is 3.44. The van der Waals surface area contributed by atoms with Crippen LogP contribution in [0.2, 0.25) is 0 Å². The average molecular weight is 532 g/mol. The molecular weight excluding hydrogens is 498 g/mol. The molecule has 2 aromatic carbocycles. The fraction of sp³-hybridized carbons (Fsp3) is 0.310. The standard InChI is InChI=1S/C29H33N5O5/c1-30-34-14-8-21-17-27(26(37-2)19-25(21)34)39-24-7-11-31-28(18-24)32-29(36)20-3-5-22(6-4-20)38-23-9-12-33(13-10-23)15-16-35/h3-8,11,14,17-19,23,30,35H,9-10,12-13,15-16H2,1-2H3,(H,31,32,36). The molecule has 204 valence electrons. The van der Waals surface area contributed by atoms with E-state index < -0.39 is 0 Å². The van der Waals surface area contributed by atoms with Crippen LogP contribution in [-0.2, 0) is 0 Å². The number of ether oxygens (including phenoxy) is 3. The van der Waals surface area contributed by atoms with Crippen molar-refractivity contribution >= 4 is 22.6 Å². The van der Waals surface area contributed by atoms with Crippen LogP contribution in [0.3, 0.4) is 0 Å². The van der Waals surface area contributed by atoms with E-state index in [9.17, 15) is 4.79 Å². The number of carbonyl (C=O) groups is 1. The molecule has 3 N–H and O–H groups in total. The molecule has 4 aromatic rings. The smallest absolute Gasteiger partial charge is 0.256 e. The van der Waals surface area contributed by atoms with E-state index in [4.69, 9.17) is 19.3 Å². The molecule has 10 nitrogen and oxygen atoms in total. The highest BCUT2D eigenvalue weighted by Crippen LogP contribution is 2.36. The zero-order valence-corrected chi connectivity index (χ0v) is 22.1. The number of methoxy groups -OCH3 is 1. The zero-order chi connectivity index (χ0) is 27.2. The summed E-state index contributed by atoms with van der Waals surface area (Å²) >= 11 is 0. The van der Waals surface area contributed by atoms with E-state index in [1.54, 1.807) is 37.6 Å². The van der Waals surface area contributed by atoms with E-state index in [2.05, 4.69) is 20.6 Å². The van der Waals surface area contributed by atoms with Gasteiger partial charge in [-0.15, -0.1) is 0 Å². The number of piperidine rings is 1. The minimum Gasteiger partial charge on any atom is -0.493 e. The molecule has 0 radical (unpaired) electrons. The van der Waals surface area contributed by atoms with Crippen molar-refractivity contribution in [2.24, 2.45) is 0 Å². The lowest BCUT2D eigenvalue weighted by molar-refractivity contribution is 0.0888. The highest BCUT2D eigenvalue weighted by atomic mass is 16.5. The van der Waals surface area contributed by atoms with E-state index in [0.29, 0.717) is 35.2 Å².